The summed E-state index contributed by atoms with van der Waals surface area (Å²) in [7, 11) is 0. The van der Waals surface area contributed by atoms with E-state index < -0.39 is 11.7 Å². The molecule has 2 aromatic rings. The van der Waals surface area contributed by atoms with Crippen molar-refractivity contribution in [3.63, 3.8) is 0 Å². The summed E-state index contributed by atoms with van der Waals surface area (Å²) >= 11 is 0. The molecule has 5 heteroatoms. The average molecular weight is 297 g/mol. The monoisotopic (exact) mass is 297 g/mol. The number of rotatable bonds is 4. The zero-order valence-corrected chi connectivity index (χ0v) is 12.6. The predicted molar refractivity (Wildman–Crippen MR) is 86.6 cm³/mol. The highest BCUT2D eigenvalue weighted by molar-refractivity contribution is 5.67. The third-order valence-electron chi connectivity index (χ3n) is 3.02. The first kappa shape index (κ1) is 15.7. The Kier molecular flexibility index (Phi) is 4.91. The van der Waals surface area contributed by atoms with E-state index in [0.717, 1.165) is 16.8 Å². The Bertz CT molecular complexity index is 649. The fourth-order valence-corrected chi connectivity index (χ4v) is 1.90. The van der Waals surface area contributed by atoms with Crippen LogP contribution in [0.2, 0.25) is 0 Å². The zero-order chi connectivity index (χ0) is 16.0. The second-order valence-corrected chi connectivity index (χ2v) is 5.31. The molecule has 0 saturated heterocycles. The maximum Gasteiger partial charge on any atom is 0.422 e. The van der Waals surface area contributed by atoms with Crippen LogP contribution in [0.1, 0.15) is 19.4 Å². The van der Waals surface area contributed by atoms with Gasteiger partial charge in [-0.25, -0.2) is 10.6 Å². The molecule has 3 N–H and O–H groups in total. The SMILES string of the molecule is CC(C)(/C=C/c1ccc(-c2ccccn2)cc1)OC(=O)NN. The van der Waals surface area contributed by atoms with E-state index in [2.05, 4.69) is 4.98 Å². The van der Waals surface area contributed by atoms with Crippen molar-refractivity contribution in [3.05, 3.63) is 60.3 Å². The van der Waals surface area contributed by atoms with Gasteiger partial charge in [0.05, 0.1) is 5.69 Å². The first-order valence-electron chi connectivity index (χ1n) is 6.90. The maximum atomic E-state index is 11.1. The second kappa shape index (κ2) is 6.87. The molecule has 114 valence electrons. The Morgan fingerprint density at radius 2 is 1.95 bits per heavy atom. The number of amides is 1. The number of hydrogen-bond acceptors (Lipinski definition) is 4. The van der Waals surface area contributed by atoms with E-state index in [1.807, 2.05) is 54.0 Å². The van der Waals surface area contributed by atoms with Gasteiger partial charge in [-0.1, -0.05) is 36.4 Å². The van der Waals surface area contributed by atoms with Gasteiger partial charge in [-0.2, -0.15) is 0 Å². The standard InChI is InChI=1S/C17H19N3O2/c1-17(2,22-16(21)20-18)11-10-13-6-8-14(9-7-13)15-5-3-4-12-19-15/h3-12H,18H2,1-2H3,(H,20,21)/b11-10+. The van der Waals surface area contributed by atoms with Crippen molar-refractivity contribution in [1.82, 2.24) is 10.4 Å². The summed E-state index contributed by atoms with van der Waals surface area (Å²) < 4.78 is 5.13. The highest BCUT2D eigenvalue weighted by atomic mass is 16.6. The molecule has 0 unspecified atom stereocenters. The van der Waals surface area contributed by atoms with Crippen molar-refractivity contribution >= 4 is 12.2 Å². The van der Waals surface area contributed by atoms with E-state index in [4.69, 9.17) is 10.6 Å². The number of nitrogens with one attached hydrogen (secondary N) is 1. The molecule has 0 spiro atoms. The smallest absolute Gasteiger partial charge is 0.422 e. The lowest BCUT2D eigenvalue weighted by Gasteiger charge is -2.20. The number of carbonyl (C=O) groups excluding carboxylic acids is 1. The quantitative estimate of drug-likeness (QED) is 0.516. The Labute approximate surface area is 129 Å². The molecule has 0 bridgehead atoms. The van der Waals surface area contributed by atoms with Crippen LogP contribution in [-0.2, 0) is 4.74 Å². The van der Waals surface area contributed by atoms with Gasteiger partial charge in [0.15, 0.2) is 0 Å². The molecule has 1 heterocycles. The van der Waals surface area contributed by atoms with E-state index in [1.54, 1.807) is 26.1 Å². The van der Waals surface area contributed by atoms with Gasteiger partial charge < -0.3 is 4.74 Å². The summed E-state index contributed by atoms with van der Waals surface area (Å²) in [6, 6.07) is 13.8. The second-order valence-electron chi connectivity index (χ2n) is 5.31. The molecule has 1 aromatic carbocycles. The molecule has 1 aromatic heterocycles. The third kappa shape index (κ3) is 4.43. The van der Waals surface area contributed by atoms with Crippen LogP contribution in [0.25, 0.3) is 17.3 Å². The molecule has 0 aliphatic rings. The van der Waals surface area contributed by atoms with Gasteiger partial charge in [0.25, 0.3) is 0 Å². The van der Waals surface area contributed by atoms with Gasteiger partial charge in [-0.05, 0) is 37.6 Å². The van der Waals surface area contributed by atoms with Crippen LogP contribution in [0, 0.1) is 0 Å². The first-order chi connectivity index (χ1) is 10.5. The molecule has 22 heavy (non-hydrogen) atoms. The summed E-state index contributed by atoms with van der Waals surface area (Å²) in [5.41, 5.74) is 4.18. The van der Waals surface area contributed by atoms with E-state index in [-0.39, 0.29) is 0 Å². The van der Waals surface area contributed by atoms with Crippen molar-refractivity contribution in [1.29, 1.82) is 0 Å². The van der Waals surface area contributed by atoms with Crippen LogP contribution in [-0.4, -0.2) is 16.7 Å². The van der Waals surface area contributed by atoms with Crippen molar-refractivity contribution < 1.29 is 9.53 Å². The molecule has 2 rings (SSSR count). The zero-order valence-electron chi connectivity index (χ0n) is 12.6. The van der Waals surface area contributed by atoms with Crippen LogP contribution < -0.4 is 11.3 Å². The minimum absolute atomic E-state index is 0.667. The summed E-state index contributed by atoms with van der Waals surface area (Å²) in [5.74, 6) is 5.00. The van der Waals surface area contributed by atoms with Crippen molar-refractivity contribution in [2.24, 2.45) is 5.84 Å². The number of nitrogens with two attached hydrogens (primary N) is 1. The summed E-state index contributed by atoms with van der Waals surface area (Å²) in [6.45, 7) is 3.56. The lowest BCUT2D eigenvalue weighted by Crippen LogP contribution is -2.37. The molecule has 5 nitrogen and oxygen atoms in total. The molecular formula is C17H19N3O2. The number of pyridine rings is 1. The van der Waals surface area contributed by atoms with Crippen molar-refractivity contribution in [2.45, 2.75) is 19.4 Å². The maximum absolute atomic E-state index is 11.1. The summed E-state index contributed by atoms with van der Waals surface area (Å²) in [6.07, 6.45) is 4.80. The number of hydrazine groups is 1. The lowest BCUT2D eigenvalue weighted by atomic mass is 10.0. The summed E-state index contributed by atoms with van der Waals surface area (Å²) in [5, 5.41) is 0. The topological polar surface area (TPSA) is 77.2 Å². The number of aromatic nitrogens is 1. The highest BCUT2D eigenvalue weighted by Crippen LogP contribution is 2.19. The number of ether oxygens (including phenoxy) is 1. The van der Waals surface area contributed by atoms with E-state index in [9.17, 15) is 4.79 Å². The Balaban J connectivity index is 2.08. The van der Waals surface area contributed by atoms with Gasteiger partial charge in [0, 0.05) is 11.8 Å². The summed E-state index contributed by atoms with van der Waals surface area (Å²) in [4.78, 5) is 15.5. The fourth-order valence-electron chi connectivity index (χ4n) is 1.90. The molecule has 0 fully saturated rings. The molecule has 0 aliphatic carbocycles. The molecule has 0 saturated carbocycles. The normalized spacial score (nSPS) is 11.4. The van der Waals surface area contributed by atoms with E-state index in [0.29, 0.717) is 0 Å². The minimum Gasteiger partial charge on any atom is -0.438 e. The van der Waals surface area contributed by atoms with Gasteiger partial charge in [-0.15, -0.1) is 0 Å². The lowest BCUT2D eigenvalue weighted by molar-refractivity contribution is 0.0726. The fraction of sp³-hybridized carbons (Fsp3) is 0.176. The van der Waals surface area contributed by atoms with Crippen molar-refractivity contribution in [3.8, 4) is 11.3 Å². The number of hydrogen-bond donors (Lipinski definition) is 2. The third-order valence-corrected chi connectivity index (χ3v) is 3.02. The average Bonchev–Trinajstić information content (AvgIpc) is 2.54. The Morgan fingerprint density at radius 1 is 1.23 bits per heavy atom. The van der Waals surface area contributed by atoms with E-state index >= 15 is 0 Å². The largest absolute Gasteiger partial charge is 0.438 e. The van der Waals surface area contributed by atoms with Crippen LogP contribution in [0.4, 0.5) is 4.79 Å². The van der Waals surface area contributed by atoms with Gasteiger partial charge in [0.2, 0.25) is 0 Å². The van der Waals surface area contributed by atoms with Gasteiger partial charge >= 0.3 is 6.09 Å². The van der Waals surface area contributed by atoms with Crippen LogP contribution in [0.15, 0.2) is 54.7 Å². The van der Waals surface area contributed by atoms with Crippen LogP contribution in [0.5, 0.6) is 0 Å². The van der Waals surface area contributed by atoms with Gasteiger partial charge in [0.1, 0.15) is 5.60 Å². The molecular weight excluding hydrogens is 278 g/mol. The number of nitrogens with zero attached hydrogens (tertiary/aromatic N) is 1. The first-order valence-corrected chi connectivity index (χ1v) is 6.90. The molecule has 0 aliphatic heterocycles. The Morgan fingerprint density at radius 3 is 2.55 bits per heavy atom. The molecule has 0 atom stereocenters. The van der Waals surface area contributed by atoms with Crippen LogP contribution >= 0.6 is 0 Å². The molecule has 0 radical (unpaired) electrons. The van der Waals surface area contributed by atoms with E-state index in [1.165, 1.54) is 0 Å². The van der Waals surface area contributed by atoms with Crippen LogP contribution in [0.3, 0.4) is 0 Å². The predicted octanol–water partition coefficient (Wildman–Crippen LogP) is 3.14. The number of benzene rings is 1. The highest BCUT2D eigenvalue weighted by Gasteiger charge is 2.18. The van der Waals surface area contributed by atoms with Crippen molar-refractivity contribution in [2.75, 3.05) is 0 Å². The minimum atomic E-state index is -0.747. The molecule has 1 amide bonds. The van der Waals surface area contributed by atoms with Gasteiger partial charge in [-0.3, -0.25) is 10.4 Å². The number of carbonyl (C=O) groups is 1. The Hall–Kier alpha value is -2.66.